The Morgan fingerprint density at radius 3 is 2.40 bits per heavy atom. The Kier molecular flexibility index (Phi) is 4.63. The second-order valence-electron chi connectivity index (χ2n) is 4.03. The molecule has 2 nitrogen and oxygen atoms in total. The lowest BCUT2D eigenvalue weighted by Gasteiger charge is -2.30. The van der Waals surface area contributed by atoms with Gasteiger partial charge in [-0.15, -0.1) is 0 Å². The second-order valence-corrected chi connectivity index (χ2v) is 4.03. The van der Waals surface area contributed by atoms with Gasteiger partial charge in [0.1, 0.15) is 0 Å². The maximum Gasteiger partial charge on any atom is 0.0398 e. The number of rotatable bonds is 2. The standard InChI is InChI=1S/C13H19N.H3N/c1-2-12-8-4-5-9-13(12)14-10-6-3-7-11-14;/h4-5,8-9H,2-3,6-7,10-11H2,1H3;1H3. The number of nitrogens with zero attached hydrogens (tertiary/aromatic N) is 1. The van der Waals surface area contributed by atoms with Gasteiger partial charge in [0.15, 0.2) is 0 Å². The van der Waals surface area contributed by atoms with Crippen LogP contribution >= 0.6 is 0 Å². The summed E-state index contributed by atoms with van der Waals surface area (Å²) in [4.78, 5) is 2.54. The third-order valence-electron chi connectivity index (χ3n) is 3.07. The predicted molar refractivity (Wildman–Crippen MR) is 66.9 cm³/mol. The van der Waals surface area contributed by atoms with E-state index in [0.717, 1.165) is 6.42 Å². The van der Waals surface area contributed by atoms with Gasteiger partial charge in [0.2, 0.25) is 0 Å². The van der Waals surface area contributed by atoms with Crippen LogP contribution in [0.2, 0.25) is 0 Å². The number of hydrogen-bond acceptors (Lipinski definition) is 2. The molecule has 2 heteroatoms. The number of anilines is 1. The van der Waals surface area contributed by atoms with Gasteiger partial charge in [0.05, 0.1) is 0 Å². The fraction of sp³-hybridized carbons (Fsp3) is 0.538. The summed E-state index contributed by atoms with van der Waals surface area (Å²) in [5, 5.41) is 0. The van der Waals surface area contributed by atoms with Crippen LogP contribution in [0, 0.1) is 0 Å². The molecule has 0 unspecified atom stereocenters. The van der Waals surface area contributed by atoms with E-state index in [1.807, 2.05) is 0 Å². The van der Waals surface area contributed by atoms with Crippen molar-refractivity contribution >= 4 is 5.69 Å². The second kappa shape index (κ2) is 5.76. The van der Waals surface area contributed by atoms with Crippen LogP contribution in [-0.4, -0.2) is 13.1 Å². The van der Waals surface area contributed by atoms with Gasteiger partial charge in [-0.25, -0.2) is 0 Å². The summed E-state index contributed by atoms with van der Waals surface area (Å²) in [6.45, 7) is 4.73. The van der Waals surface area contributed by atoms with Gasteiger partial charge in [-0.1, -0.05) is 25.1 Å². The molecule has 15 heavy (non-hydrogen) atoms. The van der Waals surface area contributed by atoms with Crippen molar-refractivity contribution in [2.45, 2.75) is 32.6 Å². The average Bonchev–Trinajstić information content (AvgIpc) is 2.30. The highest BCUT2D eigenvalue weighted by Crippen LogP contribution is 2.24. The smallest absolute Gasteiger partial charge is 0.0398 e. The van der Waals surface area contributed by atoms with E-state index in [-0.39, 0.29) is 6.15 Å². The number of aryl methyl sites for hydroxylation is 1. The molecule has 0 saturated carbocycles. The summed E-state index contributed by atoms with van der Waals surface area (Å²) in [5.41, 5.74) is 2.96. The largest absolute Gasteiger partial charge is 0.371 e. The van der Waals surface area contributed by atoms with Crippen molar-refractivity contribution in [1.29, 1.82) is 0 Å². The summed E-state index contributed by atoms with van der Waals surface area (Å²) in [6, 6.07) is 8.82. The van der Waals surface area contributed by atoms with Gasteiger partial charge in [0, 0.05) is 18.8 Å². The zero-order valence-corrected chi connectivity index (χ0v) is 9.71. The van der Waals surface area contributed by atoms with Gasteiger partial charge >= 0.3 is 0 Å². The van der Waals surface area contributed by atoms with Gasteiger partial charge in [-0.05, 0) is 37.3 Å². The molecule has 1 heterocycles. The molecule has 2 rings (SSSR count). The molecule has 0 amide bonds. The number of para-hydroxylation sites is 1. The molecule has 0 atom stereocenters. The van der Waals surface area contributed by atoms with Crippen LogP contribution in [0.4, 0.5) is 5.69 Å². The average molecular weight is 206 g/mol. The summed E-state index contributed by atoms with van der Waals surface area (Å²) in [6.07, 6.45) is 5.27. The first-order valence-corrected chi connectivity index (χ1v) is 5.74. The van der Waals surface area contributed by atoms with Crippen molar-refractivity contribution in [2.24, 2.45) is 0 Å². The lowest BCUT2D eigenvalue weighted by atomic mass is 10.1. The maximum absolute atomic E-state index is 2.54. The molecular weight excluding hydrogens is 184 g/mol. The van der Waals surface area contributed by atoms with Crippen LogP contribution in [0.1, 0.15) is 31.7 Å². The molecule has 0 aliphatic carbocycles. The predicted octanol–water partition coefficient (Wildman–Crippen LogP) is 3.40. The molecule has 1 aliphatic rings. The minimum absolute atomic E-state index is 0. The Balaban J connectivity index is 0.00000112. The summed E-state index contributed by atoms with van der Waals surface area (Å²) in [7, 11) is 0. The van der Waals surface area contributed by atoms with E-state index in [0.29, 0.717) is 0 Å². The molecule has 3 N–H and O–H groups in total. The van der Waals surface area contributed by atoms with E-state index < -0.39 is 0 Å². The SMILES string of the molecule is CCc1ccccc1N1CCCCC1.N. The van der Waals surface area contributed by atoms with Gasteiger partial charge in [-0.2, -0.15) is 0 Å². The molecule has 1 fully saturated rings. The summed E-state index contributed by atoms with van der Waals surface area (Å²) in [5.74, 6) is 0. The van der Waals surface area contributed by atoms with Crippen LogP contribution in [0.5, 0.6) is 0 Å². The maximum atomic E-state index is 2.54. The fourth-order valence-electron chi connectivity index (χ4n) is 2.25. The number of benzene rings is 1. The molecule has 84 valence electrons. The zero-order valence-electron chi connectivity index (χ0n) is 9.71. The van der Waals surface area contributed by atoms with E-state index in [9.17, 15) is 0 Å². The van der Waals surface area contributed by atoms with E-state index in [1.165, 1.54) is 43.6 Å². The lowest BCUT2D eigenvalue weighted by Crippen LogP contribution is -2.30. The Morgan fingerprint density at radius 1 is 1.07 bits per heavy atom. The first-order valence-electron chi connectivity index (χ1n) is 5.74. The molecule has 0 bridgehead atoms. The van der Waals surface area contributed by atoms with Crippen LogP contribution in [-0.2, 0) is 6.42 Å². The monoisotopic (exact) mass is 206 g/mol. The molecule has 0 radical (unpaired) electrons. The minimum atomic E-state index is 0. The number of hydrogen-bond donors (Lipinski definition) is 1. The zero-order chi connectivity index (χ0) is 9.80. The first-order chi connectivity index (χ1) is 6.92. The first kappa shape index (κ1) is 12.1. The van der Waals surface area contributed by atoms with E-state index in [4.69, 9.17) is 0 Å². The van der Waals surface area contributed by atoms with Gasteiger partial charge in [0.25, 0.3) is 0 Å². The molecule has 1 aromatic rings. The third-order valence-corrected chi connectivity index (χ3v) is 3.07. The van der Waals surface area contributed by atoms with Crippen LogP contribution in [0.25, 0.3) is 0 Å². The Labute approximate surface area is 92.9 Å². The lowest BCUT2D eigenvalue weighted by molar-refractivity contribution is 0.576. The topological polar surface area (TPSA) is 38.2 Å². The fourth-order valence-corrected chi connectivity index (χ4v) is 2.25. The van der Waals surface area contributed by atoms with Crippen molar-refractivity contribution in [3.05, 3.63) is 29.8 Å². The highest BCUT2D eigenvalue weighted by Gasteiger charge is 2.12. The normalized spacial score (nSPS) is 15.9. The van der Waals surface area contributed by atoms with Crippen molar-refractivity contribution in [3.8, 4) is 0 Å². The highest BCUT2D eigenvalue weighted by molar-refractivity contribution is 5.53. The van der Waals surface area contributed by atoms with Gasteiger partial charge in [-0.3, -0.25) is 0 Å². The summed E-state index contributed by atoms with van der Waals surface area (Å²) >= 11 is 0. The van der Waals surface area contributed by atoms with Gasteiger partial charge < -0.3 is 11.1 Å². The van der Waals surface area contributed by atoms with Crippen molar-refractivity contribution in [1.82, 2.24) is 6.15 Å². The van der Waals surface area contributed by atoms with E-state index in [1.54, 1.807) is 0 Å². The van der Waals surface area contributed by atoms with Crippen LogP contribution in [0.3, 0.4) is 0 Å². The van der Waals surface area contributed by atoms with E-state index in [2.05, 4.69) is 36.1 Å². The molecular formula is C13H22N2. The Morgan fingerprint density at radius 2 is 1.73 bits per heavy atom. The van der Waals surface area contributed by atoms with Crippen molar-refractivity contribution < 1.29 is 0 Å². The molecule has 1 saturated heterocycles. The highest BCUT2D eigenvalue weighted by atomic mass is 15.1. The Hall–Kier alpha value is -1.02. The Bertz CT molecular complexity index is 290. The van der Waals surface area contributed by atoms with Crippen molar-refractivity contribution in [3.63, 3.8) is 0 Å². The molecule has 1 aromatic carbocycles. The van der Waals surface area contributed by atoms with Crippen LogP contribution in [0.15, 0.2) is 24.3 Å². The molecule has 0 aromatic heterocycles. The third kappa shape index (κ3) is 2.72. The molecule has 1 aliphatic heterocycles. The van der Waals surface area contributed by atoms with E-state index >= 15 is 0 Å². The van der Waals surface area contributed by atoms with Crippen molar-refractivity contribution in [2.75, 3.05) is 18.0 Å². The quantitative estimate of drug-likeness (QED) is 0.805. The summed E-state index contributed by atoms with van der Waals surface area (Å²) < 4.78 is 0. The molecule has 0 spiro atoms. The number of piperidine rings is 1. The van der Waals surface area contributed by atoms with Crippen LogP contribution < -0.4 is 11.1 Å². The minimum Gasteiger partial charge on any atom is -0.371 e.